The van der Waals surface area contributed by atoms with Crippen molar-refractivity contribution in [2.75, 3.05) is 20.7 Å². The molecule has 1 aromatic carbocycles. The van der Waals surface area contributed by atoms with Crippen LogP contribution in [0, 0.1) is 0 Å². The number of hydrogen-bond donors (Lipinski definition) is 1. The summed E-state index contributed by atoms with van der Waals surface area (Å²) in [4.78, 5) is 12.8. The number of likely N-dealkylation sites (N-methyl/N-ethyl adjacent to an activating group) is 1. The lowest BCUT2D eigenvalue weighted by molar-refractivity contribution is 0.0696. The lowest BCUT2D eigenvalue weighted by atomic mass is 10.1. The van der Waals surface area contributed by atoms with Crippen LogP contribution >= 0.6 is 0 Å². The third-order valence-corrected chi connectivity index (χ3v) is 2.90. The van der Waals surface area contributed by atoms with Gasteiger partial charge in [-0.05, 0) is 52.2 Å². The molecule has 1 aromatic rings. The van der Waals surface area contributed by atoms with Gasteiger partial charge in [0.2, 0.25) is 0 Å². The molecule has 0 aliphatic heterocycles. The van der Waals surface area contributed by atoms with Crippen LogP contribution in [0.2, 0.25) is 0 Å². The SMILES string of the molecule is CN(C)C(C)(C)COc1ccc(C(=O)O)cc1. The third kappa shape index (κ3) is 3.75. The van der Waals surface area contributed by atoms with Crippen molar-refractivity contribution in [3.8, 4) is 5.75 Å². The van der Waals surface area contributed by atoms with Gasteiger partial charge in [0.15, 0.2) is 0 Å². The number of carboxylic acid groups (broad SMARTS) is 1. The van der Waals surface area contributed by atoms with Crippen molar-refractivity contribution in [1.82, 2.24) is 4.90 Å². The fraction of sp³-hybridized carbons (Fsp3) is 0.462. The van der Waals surface area contributed by atoms with E-state index in [1.807, 2.05) is 14.1 Å². The van der Waals surface area contributed by atoms with Crippen LogP contribution < -0.4 is 4.74 Å². The average Bonchev–Trinajstić information content (AvgIpc) is 2.27. The first-order chi connectivity index (χ1) is 7.83. The maximum Gasteiger partial charge on any atom is 0.335 e. The van der Waals surface area contributed by atoms with Crippen LogP contribution in [0.1, 0.15) is 24.2 Å². The van der Waals surface area contributed by atoms with Gasteiger partial charge in [-0.3, -0.25) is 0 Å². The van der Waals surface area contributed by atoms with Crippen LogP contribution in [0.4, 0.5) is 0 Å². The van der Waals surface area contributed by atoms with E-state index in [4.69, 9.17) is 9.84 Å². The summed E-state index contributed by atoms with van der Waals surface area (Å²) in [6, 6.07) is 6.44. The van der Waals surface area contributed by atoms with Crippen molar-refractivity contribution < 1.29 is 14.6 Å². The van der Waals surface area contributed by atoms with Crippen LogP contribution in [0.15, 0.2) is 24.3 Å². The summed E-state index contributed by atoms with van der Waals surface area (Å²) >= 11 is 0. The predicted molar refractivity (Wildman–Crippen MR) is 66.7 cm³/mol. The molecule has 0 bridgehead atoms. The standard InChI is InChI=1S/C13H19NO3/c1-13(2,14(3)4)9-17-11-7-5-10(6-8-11)12(15)16/h5-8H,9H2,1-4H3,(H,15,16). The number of ether oxygens (including phenoxy) is 1. The molecule has 94 valence electrons. The Balaban J connectivity index is 2.62. The highest BCUT2D eigenvalue weighted by atomic mass is 16.5. The largest absolute Gasteiger partial charge is 0.492 e. The topological polar surface area (TPSA) is 49.8 Å². The van der Waals surface area contributed by atoms with Crippen molar-refractivity contribution in [3.05, 3.63) is 29.8 Å². The number of nitrogens with zero attached hydrogens (tertiary/aromatic N) is 1. The molecule has 0 unspecified atom stereocenters. The zero-order valence-corrected chi connectivity index (χ0v) is 10.7. The first kappa shape index (κ1) is 13.5. The van der Waals surface area contributed by atoms with E-state index in [-0.39, 0.29) is 11.1 Å². The van der Waals surface area contributed by atoms with Crippen molar-refractivity contribution in [2.24, 2.45) is 0 Å². The minimum absolute atomic E-state index is 0.0640. The second-order valence-electron chi connectivity index (χ2n) is 4.83. The molecule has 4 heteroatoms. The molecular weight excluding hydrogens is 218 g/mol. The van der Waals surface area contributed by atoms with Crippen molar-refractivity contribution in [1.29, 1.82) is 0 Å². The van der Waals surface area contributed by atoms with Gasteiger partial charge in [-0.2, -0.15) is 0 Å². The van der Waals surface area contributed by atoms with Crippen molar-refractivity contribution in [2.45, 2.75) is 19.4 Å². The molecule has 1 N–H and O–H groups in total. The molecule has 0 fully saturated rings. The predicted octanol–water partition coefficient (Wildman–Crippen LogP) is 2.10. The summed E-state index contributed by atoms with van der Waals surface area (Å²) in [7, 11) is 3.99. The third-order valence-electron chi connectivity index (χ3n) is 2.90. The Labute approximate surface area is 102 Å². The van der Waals surface area contributed by atoms with Gasteiger partial charge in [0.25, 0.3) is 0 Å². The fourth-order valence-electron chi connectivity index (χ4n) is 1.08. The summed E-state index contributed by atoms with van der Waals surface area (Å²) in [5.41, 5.74) is 0.204. The second-order valence-corrected chi connectivity index (χ2v) is 4.83. The first-order valence-electron chi connectivity index (χ1n) is 5.46. The molecule has 0 aliphatic carbocycles. The number of carboxylic acids is 1. The molecule has 0 radical (unpaired) electrons. The van der Waals surface area contributed by atoms with Crippen LogP contribution in [0.25, 0.3) is 0 Å². The lowest BCUT2D eigenvalue weighted by Gasteiger charge is -2.32. The van der Waals surface area contributed by atoms with E-state index in [1.54, 1.807) is 24.3 Å². The van der Waals surface area contributed by atoms with Gasteiger partial charge in [-0.15, -0.1) is 0 Å². The first-order valence-corrected chi connectivity index (χ1v) is 5.46. The average molecular weight is 237 g/mol. The van der Waals surface area contributed by atoms with Gasteiger partial charge >= 0.3 is 5.97 Å². The quantitative estimate of drug-likeness (QED) is 0.852. The smallest absolute Gasteiger partial charge is 0.335 e. The normalized spacial score (nSPS) is 11.6. The minimum Gasteiger partial charge on any atom is -0.492 e. The zero-order valence-electron chi connectivity index (χ0n) is 10.7. The Hall–Kier alpha value is -1.55. The molecule has 17 heavy (non-hydrogen) atoms. The molecule has 0 amide bonds. The number of hydrogen-bond acceptors (Lipinski definition) is 3. The van der Waals surface area contributed by atoms with Crippen molar-refractivity contribution in [3.63, 3.8) is 0 Å². The van der Waals surface area contributed by atoms with Crippen LogP contribution in [-0.4, -0.2) is 42.2 Å². The number of carbonyl (C=O) groups is 1. The van der Waals surface area contributed by atoms with E-state index in [2.05, 4.69) is 18.7 Å². The molecule has 0 saturated carbocycles. The Morgan fingerprint density at radius 2 is 1.82 bits per heavy atom. The van der Waals surface area contributed by atoms with E-state index < -0.39 is 5.97 Å². The highest BCUT2D eigenvalue weighted by Crippen LogP contribution is 2.16. The highest BCUT2D eigenvalue weighted by molar-refractivity contribution is 5.87. The second kappa shape index (κ2) is 5.19. The minimum atomic E-state index is -0.926. The molecule has 0 saturated heterocycles. The monoisotopic (exact) mass is 237 g/mol. The molecular formula is C13H19NO3. The summed E-state index contributed by atoms with van der Waals surface area (Å²) < 4.78 is 5.63. The lowest BCUT2D eigenvalue weighted by Crippen LogP contribution is -2.43. The summed E-state index contributed by atoms with van der Waals surface area (Å²) in [6.45, 7) is 4.71. The molecule has 1 rings (SSSR count). The number of benzene rings is 1. The van der Waals surface area contributed by atoms with E-state index in [0.717, 1.165) is 0 Å². The Morgan fingerprint density at radius 3 is 2.24 bits per heavy atom. The van der Waals surface area contributed by atoms with Gasteiger partial charge in [0, 0.05) is 5.54 Å². The molecule has 0 aromatic heterocycles. The molecule has 0 atom stereocenters. The number of aromatic carboxylic acids is 1. The highest BCUT2D eigenvalue weighted by Gasteiger charge is 2.21. The van der Waals surface area contributed by atoms with Crippen LogP contribution in [0.3, 0.4) is 0 Å². The van der Waals surface area contributed by atoms with Gasteiger partial charge < -0.3 is 14.7 Å². The van der Waals surface area contributed by atoms with Gasteiger partial charge in [-0.1, -0.05) is 0 Å². The van der Waals surface area contributed by atoms with E-state index in [1.165, 1.54) is 0 Å². The zero-order chi connectivity index (χ0) is 13.1. The Bertz CT molecular complexity index is 382. The van der Waals surface area contributed by atoms with Gasteiger partial charge in [0.05, 0.1) is 5.56 Å². The van der Waals surface area contributed by atoms with Gasteiger partial charge in [-0.25, -0.2) is 4.79 Å². The molecule has 0 spiro atoms. The Kier molecular flexibility index (Phi) is 4.12. The summed E-state index contributed by atoms with van der Waals surface area (Å²) in [6.07, 6.45) is 0. The number of rotatable bonds is 5. The summed E-state index contributed by atoms with van der Waals surface area (Å²) in [5.74, 6) is -0.241. The van der Waals surface area contributed by atoms with Crippen LogP contribution in [-0.2, 0) is 0 Å². The maximum atomic E-state index is 10.7. The van der Waals surface area contributed by atoms with E-state index >= 15 is 0 Å². The fourth-order valence-corrected chi connectivity index (χ4v) is 1.08. The Morgan fingerprint density at radius 1 is 1.29 bits per heavy atom. The van der Waals surface area contributed by atoms with Crippen LogP contribution in [0.5, 0.6) is 5.75 Å². The molecule has 4 nitrogen and oxygen atoms in total. The van der Waals surface area contributed by atoms with E-state index in [0.29, 0.717) is 12.4 Å². The van der Waals surface area contributed by atoms with Gasteiger partial charge in [0.1, 0.15) is 12.4 Å². The summed E-state index contributed by atoms with van der Waals surface area (Å²) in [5, 5.41) is 8.76. The molecule has 0 aliphatic rings. The van der Waals surface area contributed by atoms with E-state index in [9.17, 15) is 4.79 Å². The van der Waals surface area contributed by atoms with Crippen molar-refractivity contribution >= 4 is 5.97 Å². The molecule has 0 heterocycles. The maximum absolute atomic E-state index is 10.7.